The van der Waals surface area contributed by atoms with Crippen molar-refractivity contribution >= 4 is 11.5 Å². The molecule has 0 saturated carbocycles. The van der Waals surface area contributed by atoms with Gasteiger partial charge in [-0.15, -0.1) is 0 Å². The molecule has 0 spiro atoms. The number of allylic oxidation sites excluding steroid dienone is 2. The average Bonchev–Trinajstić information content (AvgIpc) is 2.80. The highest BCUT2D eigenvalue weighted by Crippen LogP contribution is 2.27. The van der Waals surface area contributed by atoms with Crippen LogP contribution in [0.5, 0.6) is 0 Å². The van der Waals surface area contributed by atoms with Gasteiger partial charge in [-0.3, -0.25) is 9.89 Å². The molecule has 2 fully saturated rings. The zero-order chi connectivity index (χ0) is 23.3. The van der Waals surface area contributed by atoms with Gasteiger partial charge in [0.15, 0.2) is 0 Å². The molecule has 0 aliphatic carbocycles. The van der Waals surface area contributed by atoms with Crippen molar-refractivity contribution in [1.29, 1.82) is 0 Å². The second-order valence-corrected chi connectivity index (χ2v) is 9.30. The lowest BCUT2D eigenvalue weighted by Crippen LogP contribution is -2.47. The first-order valence-corrected chi connectivity index (χ1v) is 12.2. The number of piperazine rings is 2. The lowest BCUT2D eigenvalue weighted by atomic mass is 9.97. The van der Waals surface area contributed by atoms with E-state index in [4.69, 9.17) is 0 Å². The van der Waals surface area contributed by atoms with E-state index in [0.717, 1.165) is 71.2 Å². The average molecular weight is 438 g/mol. The van der Waals surface area contributed by atoms with E-state index in [-0.39, 0.29) is 0 Å². The zero-order valence-corrected chi connectivity index (χ0v) is 21.2. The highest BCUT2D eigenvalue weighted by Gasteiger charge is 2.22. The molecule has 0 radical (unpaired) electrons. The number of benzene rings is 1. The monoisotopic (exact) mass is 437 g/mol. The Kier molecular flexibility index (Phi) is 8.41. The number of hydrogen-bond donors (Lipinski definition) is 0. The topological polar surface area (TPSA) is 25.3 Å². The van der Waals surface area contributed by atoms with Crippen molar-refractivity contribution in [3.8, 4) is 0 Å². The van der Waals surface area contributed by atoms with E-state index in [2.05, 4.69) is 84.0 Å². The van der Waals surface area contributed by atoms with E-state index in [0.29, 0.717) is 0 Å². The van der Waals surface area contributed by atoms with Crippen LogP contribution >= 0.6 is 0 Å². The maximum atomic E-state index is 4.53. The summed E-state index contributed by atoms with van der Waals surface area (Å²) in [5.74, 6) is 1.15. The van der Waals surface area contributed by atoms with Gasteiger partial charge in [0.1, 0.15) is 0 Å². The molecule has 0 bridgehead atoms. The molecule has 0 N–H and O–H groups in total. The van der Waals surface area contributed by atoms with Crippen molar-refractivity contribution in [1.82, 2.24) is 19.6 Å². The van der Waals surface area contributed by atoms with E-state index in [1.54, 1.807) is 0 Å². The molecule has 1 aromatic carbocycles. The molecule has 1 aromatic rings. The van der Waals surface area contributed by atoms with Crippen LogP contribution in [0.15, 0.2) is 35.5 Å². The van der Waals surface area contributed by atoms with Gasteiger partial charge in [0.05, 0.1) is 5.84 Å². The van der Waals surface area contributed by atoms with Gasteiger partial charge in [0, 0.05) is 82.9 Å². The molecule has 0 atom stereocenters. The second-order valence-electron chi connectivity index (χ2n) is 9.30. The largest absolute Gasteiger partial charge is 0.372 e. The smallest absolute Gasteiger partial charge is 0.0954 e. The predicted octanol–water partition coefficient (Wildman–Crippen LogP) is 4.37. The van der Waals surface area contributed by atoms with Crippen LogP contribution in [0.2, 0.25) is 0 Å². The number of aliphatic imine (C=N–C) groups is 1. The Morgan fingerprint density at radius 3 is 2.09 bits per heavy atom. The van der Waals surface area contributed by atoms with Crippen LogP contribution in [-0.2, 0) is 6.54 Å². The maximum Gasteiger partial charge on any atom is 0.0954 e. The number of aryl methyl sites for hydroxylation is 2. The van der Waals surface area contributed by atoms with Crippen LogP contribution in [0.1, 0.15) is 49.4 Å². The van der Waals surface area contributed by atoms with Crippen LogP contribution in [0.3, 0.4) is 0 Å². The Morgan fingerprint density at radius 2 is 1.50 bits per heavy atom. The van der Waals surface area contributed by atoms with Gasteiger partial charge in [-0.25, -0.2) is 0 Å². The molecule has 5 nitrogen and oxygen atoms in total. The third-order valence-corrected chi connectivity index (χ3v) is 7.20. The quantitative estimate of drug-likeness (QED) is 0.487. The van der Waals surface area contributed by atoms with Gasteiger partial charge in [0.25, 0.3) is 0 Å². The molecular formula is C27H43N5. The summed E-state index contributed by atoms with van der Waals surface area (Å²) in [7, 11) is 1.88. The molecular weight excluding hydrogens is 394 g/mol. The minimum Gasteiger partial charge on any atom is -0.372 e. The molecule has 176 valence electrons. The summed E-state index contributed by atoms with van der Waals surface area (Å²) in [6, 6.07) is 4.76. The van der Waals surface area contributed by atoms with E-state index in [1.165, 1.54) is 33.6 Å². The fourth-order valence-electron chi connectivity index (χ4n) is 4.91. The molecule has 2 aliphatic rings. The summed E-state index contributed by atoms with van der Waals surface area (Å²) in [5, 5.41) is 0. The van der Waals surface area contributed by atoms with Crippen LogP contribution in [-0.4, -0.2) is 84.8 Å². The van der Waals surface area contributed by atoms with E-state index < -0.39 is 0 Å². The Bertz CT molecular complexity index is 853. The van der Waals surface area contributed by atoms with Crippen molar-refractivity contribution < 1.29 is 0 Å². The van der Waals surface area contributed by atoms with Crippen molar-refractivity contribution in [2.24, 2.45) is 4.99 Å². The van der Waals surface area contributed by atoms with Crippen molar-refractivity contribution in [2.75, 3.05) is 59.4 Å². The van der Waals surface area contributed by atoms with Crippen LogP contribution in [0, 0.1) is 13.8 Å². The number of nitrogens with zero attached hydrogens (tertiary/aromatic N) is 5. The molecule has 0 aromatic heterocycles. The lowest BCUT2D eigenvalue weighted by molar-refractivity contribution is 0.174. The fourth-order valence-corrected chi connectivity index (χ4v) is 4.91. The molecule has 2 saturated heterocycles. The normalized spacial score (nSPS) is 19.0. The van der Waals surface area contributed by atoms with Gasteiger partial charge in [0.2, 0.25) is 0 Å². The van der Waals surface area contributed by atoms with Gasteiger partial charge in [-0.2, -0.15) is 0 Å². The predicted molar refractivity (Wildman–Crippen MR) is 138 cm³/mol. The Hall–Kier alpha value is -2.27. The summed E-state index contributed by atoms with van der Waals surface area (Å²) < 4.78 is 0. The minimum atomic E-state index is 1.01. The Labute approximate surface area is 196 Å². The third-order valence-electron chi connectivity index (χ3n) is 7.20. The Morgan fingerprint density at radius 1 is 0.906 bits per heavy atom. The van der Waals surface area contributed by atoms with Gasteiger partial charge < -0.3 is 14.7 Å². The minimum absolute atomic E-state index is 1.01. The summed E-state index contributed by atoms with van der Waals surface area (Å²) >= 11 is 0. The molecule has 0 amide bonds. The molecule has 2 heterocycles. The van der Waals surface area contributed by atoms with Crippen molar-refractivity contribution in [2.45, 2.75) is 47.6 Å². The maximum absolute atomic E-state index is 4.53. The fraction of sp³-hybridized carbons (Fsp3) is 0.593. The highest BCUT2D eigenvalue weighted by atomic mass is 15.3. The van der Waals surface area contributed by atoms with Crippen LogP contribution in [0.25, 0.3) is 5.70 Å². The molecule has 2 aliphatic heterocycles. The first kappa shape index (κ1) is 24.4. The standard InChI is InChI=1S/C27H43N5/c1-8-9-23(4)30-14-16-31(17-15-30)24(5)27-19-26(21(2)18-22(27)3)20-29-10-12-32(13-11-29)25(6)28-7/h9,18-19H,5,8,10-17,20H2,1-4,6-7H3/b23-9+,28-25+. The van der Waals surface area contributed by atoms with Gasteiger partial charge >= 0.3 is 0 Å². The zero-order valence-electron chi connectivity index (χ0n) is 21.2. The molecule has 3 rings (SSSR count). The van der Waals surface area contributed by atoms with E-state index in [1.807, 2.05) is 7.05 Å². The van der Waals surface area contributed by atoms with E-state index >= 15 is 0 Å². The van der Waals surface area contributed by atoms with Gasteiger partial charge in [-0.05, 0) is 56.9 Å². The SMILES string of the molecule is C=C(c1cc(CN2CCN(/C(C)=N/C)CC2)c(C)cc1C)N1CCN(/C(C)=C/CC)CC1. The van der Waals surface area contributed by atoms with Crippen molar-refractivity contribution in [3.63, 3.8) is 0 Å². The van der Waals surface area contributed by atoms with Gasteiger partial charge in [-0.1, -0.05) is 25.6 Å². The molecule has 0 unspecified atom stereocenters. The molecule has 5 heteroatoms. The number of rotatable bonds is 6. The van der Waals surface area contributed by atoms with Crippen LogP contribution < -0.4 is 0 Å². The first-order chi connectivity index (χ1) is 15.3. The summed E-state index contributed by atoms with van der Waals surface area (Å²) in [4.78, 5) is 14.3. The summed E-state index contributed by atoms with van der Waals surface area (Å²) in [6.07, 6.45) is 3.43. The molecule has 32 heavy (non-hydrogen) atoms. The lowest BCUT2D eigenvalue weighted by Gasteiger charge is -2.39. The summed E-state index contributed by atoms with van der Waals surface area (Å²) in [5.41, 5.74) is 8.05. The van der Waals surface area contributed by atoms with E-state index in [9.17, 15) is 0 Å². The summed E-state index contributed by atoms with van der Waals surface area (Å²) in [6.45, 7) is 25.1. The number of hydrogen-bond acceptors (Lipinski definition) is 4. The first-order valence-electron chi connectivity index (χ1n) is 12.2. The third kappa shape index (κ3) is 5.74. The number of amidine groups is 1. The second kappa shape index (κ2) is 11.0. The Balaban J connectivity index is 1.65. The van der Waals surface area contributed by atoms with Crippen molar-refractivity contribution in [3.05, 3.63) is 52.7 Å². The van der Waals surface area contributed by atoms with Crippen LogP contribution in [0.4, 0.5) is 0 Å². The highest BCUT2D eigenvalue weighted by molar-refractivity contribution is 5.79.